The van der Waals surface area contributed by atoms with Crippen molar-refractivity contribution in [2.24, 2.45) is 51.9 Å². The van der Waals surface area contributed by atoms with E-state index in [4.69, 9.17) is 37.4 Å². The molecule has 0 aliphatic heterocycles. The van der Waals surface area contributed by atoms with E-state index in [1.807, 2.05) is 99.0 Å². The standard InChI is InChI=1S/4C24H23N2O/c1-15(2)14-18-19(25-4)11-12-21-23(18)17-10-9-16(3)22(24(17)27-21)20-8-6-7-13-26(20)5;1-15(2)12-17-9-10-20(25-4)24-23(17)19-13-16(3)18(14-22(19)27-24)21-8-6-7-11-26(21)5;1-15(2)12-17-13-18(25-4)14-21-23(17)19-10-9-16(3)22(24(19)27-21)20-8-6-7-11-26(20)5;1-15(2)12-17-8-7-10-20-22(17)23-18(14-25)13-16(3)21(24(23)27-20)19-9-5-6-11-26(19)4/h6-13,15H,14H2,1-3,5H3;2*6-11,13-15H,12H2,1-3,5H3;5-11,13,15H,12H2,1-4H3/q4*+1. The Labute approximate surface area is 633 Å². The van der Waals surface area contributed by atoms with Crippen LogP contribution in [0.5, 0.6) is 0 Å². The smallest absolute Gasteiger partial charge is 0.229 e. The lowest BCUT2D eigenvalue weighted by Crippen LogP contribution is -2.30. The third kappa shape index (κ3) is 14.2. The maximum absolute atomic E-state index is 9.83. The van der Waals surface area contributed by atoms with Crippen LogP contribution in [-0.2, 0) is 53.9 Å². The second-order valence-corrected chi connectivity index (χ2v) is 30.4. The zero-order chi connectivity index (χ0) is 76.5. The largest absolute Gasteiger partial charge is 0.467 e. The molecule has 0 N–H and O–H groups in total. The summed E-state index contributed by atoms with van der Waals surface area (Å²) in [6.07, 6.45) is 11.9. The van der Waals surface area contributed by atoms with Crippen LogP contribution in [0.2, 0.25) is 0 Å². The van der Waals surface area contributed by atoms with Gasteiger partial charge < -0.3 is 17.7 Å². The molecule has 0 fully saturated rings. The Hall–Kier alpha value is -12.5. The first-order valence-electron chi connectivity index (χ1n) is 37.3. The van der Waals surface area contributed by atoms with Gasteiger partial charge in [-0.15, -0.1) is 0 Å². The number of benzene rings is 8. The average Bonchev–Trinajstić information content (AvgIpc) is 1.61. The molecule has 8 heterocycles. The summed E-state index contributed by atoms with van der Waals surface area (Å²) in [4.78, 5) is 11.1. The van der Waals surface area contributed by atoms with Gasteiger partial charge in [-0.25, -0.2) is 32.8 Å². The molecule has 0 saturated carbocycles. The van der Waals surface area contributed by atoms with Crippen molar-refractivity contribution < 1.29 is 35.9 Å². The first kappa shape index (κ1) is 73.8. The predicted molar refractivity (Wildman–Crippen MR) is 438 cm³/mol. The van der Waals surface area contributed by atoms with E-state index in [-0.39, 0.29) is 0 Å². The van der Waals surface area contributed by atoms with Crippen LogP contribution in [0.1, 0.15) is 105 Å². The van der Waals surface area contributed by atoms with Crippen LogP contribution in [0.15, 0.2) is 212 Å². The number of fused-ring (bicyclic) bond motifs is 12. The van der Waals surface area contributed by atoms with Gasteiger partial charge in [0.05, 0.1) is 53.6 Å². The average molecular weight is 1420 g/mol. The van der Waals surface area contributed by atoms with Crippen molar-refractivity contribution >= 4 is 105 Å². The molecule has 16 aromatic rings. The molecule has 12 nitrogen and oxygen atoms in total. The van der Waals surface area contributed by atoms with Gasteiger partial charge in [0.25, 0.3) is 0 Å². The van der Waals surface area contributed by atoms with Gasteiger partial charge in [0.2, 0.25) is 28.5 Å². The van der Waals surface area contributed by atoms with Crippen molar-refractivity contribution in [3.8, 4) is 51.1 Å². The second-order valence-electron chi connectivity index (χ2n) is 30.4. The van der Waals surface area contributed by atoms with Crippen LogP contribution >= 0.6 is 0 Å². The Kier molecular flexibility index (Phi) is 21.1. The molecule has 536 valence electrons. The normalized spacial score (nSPS) is 11.4. The fraction of sp³-hybridized carbons (Fsp3) is 0.250. The van der Waals surface area contributed by atoms with Crippen molar-refractivity contribution in [1.29, 1.82) is 5.26 Å². The molecule has 0 unspecified atom stereocenters. The monoisotopic (exact) mass is 1420 g/mol. The third-order valence-electron chi connectivity index (χ3n) is 20.4. The van der Waals surface area contributed by atoms with Crippen molar-refractivity contribution in [1.82, 2.24) is 0 Å². The summed E-state index contributed by atoms with van der Waals surface area (Å²) in [7, 11) is 8.19. The minimum atomic E-state index is 0.470. The number of hydrogen-bond donors (Lipinski definition) is 0. The number of rotatable bonds is 12. The molecule has 12 heteroatoms. The number of hydrogen-bond acceptors (Lipinski definition) is 5. The number of nitrogens with zero attached hydrogens (tertiary/aromatic N) is 8. The zero-order valence-corrected chi connectivity index (χ0v) is 64.8. The highest BCUT2D eigenvalue weighted by Crippen LogP contribution is 2.46. The van der Waals surface area contributed by atoms with E-state index in [9.17, 15) is 5.26 Å². The van der Waals surface area contributed by atoms with Gasteiger partial charge in [0.15, 0.2) is 41.7 Å². The van der Waals surface area contributed by atoms with E-state index < -0.39 is 0 Å². The van der Waals surface area contributed by atoms with Crippen LogP contribution in [0, 0.1) is 82.4 Å². The molecule has 8 aromatic carbocycles. The number of nitriles is 1. The Morgan fingerprint density at radius 1 is 0.361 bits per heavy atom. The Balaban J connectivity index is 0.000000127. The van der Waals surface area contributed by atoms with Gasteiger partial charge in [-0.1, -0.05) is 116 Å². The van der Waals surface area contributed by atoms with Crippen LogP contribution in [0.3, 0.4) is 0 Å². The molecule has 0 bridgehead atoms. The van der Waals surface area contributed by atoms with Crippen molar-refractivity contribution in [2.75, 3.05) is 0 Å². The highest BCUT2D eigenvalue weighted by Gasteiger charge is 2.28. The van der Waals surface area contributed by atoms with E-state index in [0.717, 1.165) is 170 Å². The third-order valence-corrected chi connectivity index (χ3v) is 20.4. The van der Waals surface area contributed by atoms with E-state index in [2.05, 4.69) is 246 Å². The van der Waals surface area contributed by atoms with E-state index >= 15 is 0 Å². The SMILES string of the molecule is Cc1cc(C#N)c2c(oc3cccc(CC(C)C)c32)c1-c1cccc[n+]1C.[C-]#[N+]c1cc(CC(C)C)c2c(c1)oc1c(-c3cccc[n+]3C)c(C)ccc12.[C-]#[N+]c1ccc(CC(C)C)c2c1oc1cc(-c3cccc[n+]3C)c(C)cc12.[C-]#[N+]c1ccc2oc3c(-c4cccc[n+]4C)c(C)ccc3c2c1CC(C)C. The first-order chi connectivity index (χ1) is 52.0. The number of pyridine rings is 4. The van der Waals surface area contributed by atoms with Gasteiger partial charge >= 0.3 is 0 Å². The van der Waals surface area contributed by atoms with Gasteiger partial charge in [-0.3, -0.25) is 0 Å². The molecule has 0 atom stereocenters. The van der Waals surface area contributed by atoms with E-state index in [1.54, 1.807) is 0 Å². The quantitative estimate of drug-likeness (QED) is 0.0895. The molecule has 0 radical (unpaired) electrons. The summed E-state index contributed by atoms with van der Waals surface area (Å²) in [5, 5.41) is 18.5. The highest BCUT2D eigenvalue weighted by molar-refractivity contribution is 6.16. The molecular weight excluding hydrogens is 1330 g/mol. The Morgan fingerprint density at radius 2 is 0.843 bits per heavy atom. The lowest BCUT2D eigenvalue weighted by atomic mass is 9.93. The molecule has 8 aromatic heterocycles. The van der Waals surface area contributed by atoms with Crippen LogP contribution < -0.4 is 18.3 Å². The number of furan rings is 4. The second kappa shape index (κ2) is 30.9. The Bertz CT molecular complexity index is 6320. The van der Waals surface area contributed by atoms with Crippen molar-refractivity contribution in [2.45, 2.75) is 109 Å². The molecular formula is C96H92N8O4+4. The number of aromatic nitrogens is 4. The number of aryl methyl sites for hydroxylation is 8. The van der Waals surface area contributed by atoms with Crippen LogP contribution in [0.25, 0.3) is 147 Å². The van der Waals surface area contributed by atoms with Crippen LogP contribution in [-0.4, -0.2) is 0 Å². The molecule has 108 heavy (non-hydrogen) atoms. The van der Waals surface area contributed by atoms with Gasteiger partial charge in [0.1, 0.15) is 67.3 Å². The molecule has 0 spiro atoms. The summed E-state index contributed by atoms with van der Waals surface area (Å²) in [6.45, 7) is 48.6. The zero-order valence-electron chi connectivity index (χ0n) is 64.8. The summed E-state index contributed by atoms with van der Waals surface area (Å²) in [6, 6.07) is 60.0. The van der Waals surface area contributed by atoms with Gasteiger partial charge in [0, 0.05) is 91.6 Å². The maximum atomic E-state index is 9.83. The summed E-state index contributed by atoms with van der Waals surface area (Å²) in [5.74, 6) is 2.05. The van der Waals surface area contributed by atoms with Crippen molar-refractivity contribution in [3.63, 3.8) is 0 Å². The lowest BCUT2D eigenvalue weighted by Gasteiger charge is -2.09. The fourth-order valence-corrected chi connectivity index (χ4v) is 15.7. The molecule has 0 amide bonds. The topological polar surface area (TPSA) is 105 Å². The molecule has 0 aliphatic rings. The lowest BCUT2D eigenvalue weighted by molar-refractivity contribution is -0.660. The van der Waals surface area contributed by atoms with Gasteiger partial charge in [-0.05, 0) is 182 Å². The molecule has 16 rings (SSSR count). The van der Waals surface area contributed by atoms with E-state index in [0.29, 0.717) is 46.2 Å². The van der Waals surface area contributed by atoms with Crippen LogP contribution in [0.4, 0.5) is 17.1 Å². The first-order valence-corrected chi connectivity index (χ1v) is 37.3. The summed E-state index contributed by atoms with van der Waals surface area (Å²) in [5.41, 5.74) is 27.6. The minimum absolute atomic E-state index is 0.470. The minimum Gasteiger partial charge on any atom is -0.467 e. The fourth-order valence-electron chi connectivity index (χ4n) is 15.7. The summed E-state index contributed by atoms with van der Waals surface area (Å²) >= 11 is 0. The Morgan fingerprint density at radius 3 is 1.37 bits per heavy atom. The molecule has 0 aliphatic carbocycles. The highest BCUT2D eigenvalue weighted by atomic mass is 16.3. The van der Waals surface area contributed by atoms with Gasteiger partial charge in [-0.2, -0.15) is 5.26 Å². The van der Waals surface area contributed by atoms with E-state index in [1.165, 1.54) is 33.4 Å². The predicted octanol–water partition coefficient (Wildman–Crippen LogP) is 23.9. The summed E-state index contributed by atoms with van der Waals surface area (Å²) < 4.78 is 33.8. The molecule has 0 saturated heterocycles. The maximum Gasteiger partial charge on any atom is 0.229 e. The van der Waals surface area contributed by atoms with Crippen molar-refractivity contribution in [3.05, 3.63) is 279 Å².